The van der Waals surface area contributed by atoms with Crippen LogP contribution in [-0.2, 0) is 32.0 Å². The zero-order valence-corrected chi connectivity index (χ0v) is 32.5. The van der Waals surface area contributed by atoms with E-state index in [0.29, 0.717) is 62.3 Å². The van der Waals surface area contributed by atoms with Gasteiger partial charge >= 0.3 is 6.18 Å². The number of rotatable bonds is 13. The van der Waals surface area contributed by atoms with Crippen molar-refractivity contribution in [1.82, 2.24) is 15.5 Å². The van der Waals surface area contributed by atoms with Crippen LogP contribution in [0.1, 0.15) is 62.5 Å². The largest absolute Gasteiger partial charge is 0.495 e. The number of alkyl halides is 3. The number of carbonyl (C=O) groups excluding carboxylic acids is 4. The molecule has 3 aromatic carbocycles. The highest BCUT2D eigenvalue weighted by atomic mass is 32.2. The molecule has 0 radical (unpaired) electrons. The summed E-state index contributed by atoms with van der Waals surface area (Å²) in [6.45, 7) is 0.0923. The van der Waals surface area contributed by atoms with Crippen LogP contribution in [0.2, 0.25) is 0 Å². The Kier molecular flexibility index (Phi) is 14.0. The molecule has 300 valence electrons. The lowest BCUT2D eigenvalue weighted by Gasteiger charge is -2.39. The van der Waals surface area contributed by atoms with Gasteiger partial charge in [0.2, 0.25) is 23.6 Å². The molecule has 56 heavy (non-hydrogen) atoms. The van der Waals surface area contributed by atoms with E-state index < -0.39 is 48.5 Å². The highest BCUT2D eigenvalue weighted by Crippen LogP contribution is 2.40. The molecule has 6 atom stereocenters. The first-order chi connectivity index (χ1) is 27.0. The van der Waals surface area contributed by atoms with Gasteiger partial charge in [-0.1, -0.05) is 72.8 Å². The van der Waals surface area contributed by atoms with Gasteiger partial charge in [-0.3, -0.25) is 19.2 Å². The summed E-state index contributed by atoms with van der Waals surface area (Å²) in [5.74, 6) is -3.02. The number of piperidine rings is 1. The fourth-order valence-corrected chi connectivity index (χ4v) is 9.41. The molecule has 6 rings (SSSR count). The Labute approximate surface area is 331 Å². The normalized spacial score (nSPS) is 22.9. The second kappa shape index (κ2) is 19.1. The first-order valence-corrected chi connectivity index (χ1v) is 20.7. The van der Waals surface area contributed by atoms with Gasteiger partial charge in [0.25, 0.3) is 0 Å². The molecule has 3 saturated heterocycles. The molecule has 0 bridgehead atoms. The Hall–Kier alpha value is -4.52. The van der Waals surface area contributed by atoms with Gasteiger partial charge in [0.05, 0.1) is 24.1 Å². The molecule has 3 aliphatic rings. The molecular formula is C43H51F3N4O5S. The first-order valence-electron chi connectivity index (χ1n) is 19.6. The van der Waals surface area contributed by atoms with Gasteiger partial charge < -0.3 is 25.2 Å². The Morgan fingerprint density at radius 1 is 0.768 bits per heavy atom. The number of nitrogens with one attached hydrogen (secondary N) is 2. The fourth-order valence-electron chi connectivity index (χ4n) is 8.09. The SMILES string of the molecule is COc1ccccc1N1CCCCC(NC(=O)C(CCC(Cc2ccccc2)C(=O)N[C@H]2CCS[C@H]3CC[C@H](C(F)(F)F)CN3C2=O)Cc2ccccc2)C1=O. The maximum atomic E-state index is 14.3. The molecule has 2 N–H and O–H groups in total. The Balaban J connectivity index is 1.19. The van der Waals surface area contributed by atoms with E-state index in [0.717, 1.165) is 24.0 Å². The Morgan fingerprint density at radius 2 is 1.34 bits per heavy atom. The van der Waals surface area contributed by atoms with Crippen molar-refractivity contribution < 1.29 is 37.1 Å². The molecule has 3 aliphatic heterocycles. The molecule has 4 amide bonds. The van der Waals surface area contributed by atoms with Crippen molar-refractivity contribution in [2.45, 2.75) is 87.8 Å². The zero-order chi connectivity index (χ0) is 39.7. The molecule has 0 spiro atoms. The van der Waals surface area contributed by atoms with Crippen molar-refractivity contribution in [2.75, 3.05) is 30.9 Å². The van der Waals surface area contributed by atoms with Crippen LogP contribution in [0.5, 0.6) is 5.75 Å². The van der Waals surface area contributed by atoms with E-state index in [-0.39, 0.29) is 35.9 Å². The van der Waals surface area contributed by atoms with E-state index >= 15 is 0 Å². The standard InChI is InChI=1S/C43H51F3N4O5S/c1-55-37-18-9-8-17-36(37)49-24-11-10-16-34(41(49)53)47-39(51)31(26-29-12-4-2-5-13-29)19-20-32(27-30-14-6-3-7-15-30)40(52)48-35-23-25-56-38-22-21-33(43(44,45)46)28-50(38)42(35)54/h2-9,12-15,17-18,31-35,38H,10-11,16,19-28H2,1H3,(H,47,51)(H,48,52)/t31?,32?,33-,34?,35-,38-/m0/s1. The summed E-state index contributed by atoms with van der Waals surface area (Å²) in [5, 5.41) is 5.68. The van der Waals surface area contributed by atoms with Gasteiger partial charge in [-0.25, -0.2) is 0 Å². The number of fused-ring (bicyclic) bond motifs is 1. The minimum absolute atomic E-state index is 0.0201. The highest BCUT2D eigenvalue weighted by Gasteiger charge is 2.47. The second-order valence-corrected chi connectivity index (χ2v) is 16.3. The summed E-state index contributed by atoms with van der Waals surface area (Å²) < 4.78 is 46.7. The number of thioether (sulfide) groups is 1. The summed E-state index contributed by atoms with van der Waals surface area (Å²) in [5.41, 5.74) is 2.50. The second-order valence-electron chi connectivity index (χ2n) is 15.1. The fraction of sp³-hybridized carbons (Fsp3) is 0.488. The smallest absolute Gasteiger partial charge is 0.393 e. The topological polar surface area (TPSA) is 108 Å². The van der Waals surface area contributed by atoms with Crippen LogP contribution < -0.4 is 20.3 Å². The summed E-state index contributed by atoms with van der Waals surface area (Å²) in [4.78, 5) is 59.2. The lowest BCUT2D eigenvalue weighted by atomic mass is 9.86. The van der Waals surface area contributed by atoms with Crippen LogP contribution >= 0.6 is 11.8 Å². The van der Waals surface area contributed by atoms with E-state index in [1.54, 1.807) is 18.1 Å². The molecule has 3 fully saturated rings. The van der Waals surface area contributed by atoms with E-state index in [2.05, 4.69) is 10.6 Å². The third-order valence-electron chi connectivity index (χ3n) is 11.2. The van der Waals surface area contributed by atoms with Crippen LogP contribution in [0.15, 0.2) is 84.9 Å². The predicted octanol–water partition coefficient (Wildman–Crippen LogP) is 6.94. The van der Waals surface area contributed by atoms with E-state index in [4.69, 9.17) is 4.74 Å². The number of ether oxygens (including phenoxy) is 1. The van der Waals surface area contributed by atoms with Gasteiger partial charge in [0.15, 0.2) is 0 Å². The molecule has 0 aliphatic carbocycles. The first kappa shape index (κ1) is 41.1. The minimum Gasteiger partial charge on any atom is -0.495 e. The molecule has 9 nitrogen and oxygen atoms in total. The molecule has 0 aromatic heterocycles. The number of anilines is 1. The predicted molar refractivity (Wildman–Crippen MR) is 211 cm³/mol. The van der Waals surface area contributed by atoms with Crippen molar-refractivity contribution in [3.63, 3.8) is 0 Å². The van der Waals surface area contributed by atoms with Crippen LogP contribution in [0.3, 0.4) is 0 Å². The zero-order valence-electron chi connectivity index (χ0n) is 31.7. The molecule has 3 aromatic rings. The van der Waals surface area contributed by atoms with Crippen molar-refractivity contribution >= 4 is 41.1 Å². The average molecular weight is 793 g/mol. The number of carbonyl (C=O) groups is 4. The number of hydrogen-bond donors (Lipinski definition) is 2. The van der Waals surface area contributed by atoms with Gasteiger partial charge in [0.1, 0.15) is 17.8 Å². The minimum atomic E-state index is -4.40. The van der Waals surface area contributed by atoms with Crippen LogP contribution in [-0.4, -0.2) is 78.1 Å². The number of methoxy groups -OCH3 is 1. The van der Waals surface area contributed by atoms with Gasteiger partial charge in [-0.15, -0.1) is 11.8 Å². The van der Waals surface area contributed by atoms with Crippen LogP contribution in [0.25, 0.3) is 0 Å². The number of halogens is 3. The molecular weight excluding hydrogens is 742 g/mol. The quantitative estimate of drug-likeness (QED) is 0.194. The van der Waals surface area contributed by atoms with E-state index in [1.165, 1.54) is 16.7 Å². The van der Waals surface area contributed by atoms with E-state index in [1.807, 2.05) is 78.9 Å². The molecule has 3 heterocycles. The molecule has 13 heteroatoms. The average Bonchev–Trinajstić information content (AvgIpc) is 3.48. The number of benzene rings is 3. The van der Waals surface area contributed by atoms with Gasteiger partial charge in [0, 0.05) is 24.9 Å². The number of hydrogen-bond acceptors (Lipinski definition) is 6. The molecule has 3 unspecified atom stereocenters. The maximum absolute atomic E-state index is 14.3. The third kappa shape index (κ3) is 10.5. The van der Waals surface area contributed by atoms with Crippen LogP contribution in [0.4, 0.5) is 18.9 Å². The van der Waals surface area contributed by atoms with Crippen molar-refractivity contribution in [1.29, 1.82) is 0 Å². The number of amides is 4. The van der Waals surface area contributed by atoms with Crippen molar-refractivity contribution in [3.05, 3.63) is 96.1 Å². The number of para-hydroxylation sites is 2. The van der Waals surface area contributed by atoms with Gasteiger partial charge in [-0.05, 0) is 93.2 Å². The summed E-state index contributed by atoms with van der Waals surface area (Å²) in [6.07, 6.45) is -0.488. The summed E-state index contributed by atoms with van der Waals surface area (Å²) >= 11 is 1.47. The van der Waals surface area contributed by atoms with Crippen LogP contribution in [0, 0.1) is 17.8 Å². The summed E-state index contributed by atoms with van der Waals surface area (Å²) in [7, 11) is 1.56. The highest BCUT2D eigenvalue weighted by molar-refractivity contribution is 7.99. The van der Waals surface area contributed by atoms with Crippen molar-refractivity contribution in [3.8, 4) is 5.75 Å². The molecule has 0 saturated carbocycles. The Morgan fingerprint density at radius 3 is 1.93 bits per heavy atom. The lowest BCUT2D eigenvalue weighted by Crippen LogP contribution is -2.55. The lowest BCUT2D eigenvalue weighted by molar-refractivity contribution is -0.189. The summed E-state index contributed by atoms with van der Waals surface area (Å²) in [6, 6.07) is 24.7. The maximum Gasteiger partial charge on any atom is 0.393 e. The number of nitrogens with zero attached hydrogens (tertiary/aromatic N) is 2. The van der Waals surface area contributed by atoms with Gasteiger partial charge in [-0.2, -0.15) is 13.2 Å². The van der Waals surface area contributed by atoms with Crippen molar-refractivity contribution in [2.24, 2.45) is 17.8 Å². The van der Waals surface area contributed by atoms with E-state index in [9.17, 15) is 32.3 Å². The third-order valence-corrected chi connectivity index (χ3v) is 12.6. The monoisotopic (exact) mass is 792 g/mol. The Bertz CT molecular complexity index is 1800.